The third-order valence-electron chi connectivity index (χ3n) is 5.32. The van der Waals surface area contributed by atoms with Crippen LogP contribution in [0.25, 0.3) is 0 Å². The number of aliphatic imine (C=N–C) groups is 1. The Morgan fingerprint density at radius 2 is 1.83 bits per heavy atom. The van der Waals surface area contributed by atoms with E-state index < -0.39 is 0 Å². The minimum atomic E-state index is -0.0168. The normalized spacial score (nSPS) is 20.3. The molecule has 0 amide bonds. The molecule has 1 heterocycles. The van der Waals surface area contributed by atoms with Crippen LogP contribution >= 0.6 is 11.6 Å². The average Bonchev–Trinajstić information content (AvgIpc) is 2.66. The van der Waals surface area contributed by atoms with E-state index in [4.69, 9.17) is 16.6 Å². The van der Waals surface area contributed by atoms with Crippen molar-refractivity contribution in [2.24, 2.45) is 4.99 Å². The summed E-state index contributed by atoms with van der Waals surface area (Å²) in [5.41, 5.74) is 2.77. The van der Waals surface area contributed by atoms with E-state index in [0.717, 1.165) is 30.2 Å². The second-order valence-corrected chi connectivity index (χ2v) is 9.62. The largest absolute Gasteiger partial charge is 0.506 e. The zero-order valence-corrected chi connectivity index (χ0v) is 19.3. The average molecular weight is 429 g/mol. The number of phenolic OH excluding ortho intramolecular Hbond substituents is 1. The molecule has 2 unspecified atom stereocenters. The van der Waals surface area contributed by atoms with Crippen molar-refractivity contribution in [1.82, 2.24) is 10.2 Å². The van der Waals surface area contributed by atoms with Crippen LogP contribution in [0.5, 0.6) is 5.75 Å². The van der Waals surface area contributed by atoms with E-state index in [-0.39, 0.29) is 11.2 Å². The molecule has 1 fully saturated rings. The number of benzene rings is 2. The van der Waals surface area contributed by atoms with Crippen LogP contribution in [0.4, 0.5) is 5.69 Å². The summed E-state index contributed by atoms with van der Waals surface area (Å²) in [6.45, 7) is 13.0. The molecule has 2 atom stereocenters. The Balaban J connectivity index is 1.93. The molecule has 0 spiro atoms. The Morgan fingerprint density at radius 3 is 2.47 bits per heavy atom. The van der Waals surface area contributed by atoms with Gasteiger partial charge < -0.3 is 20.6 Å². The highest BCUT2D eigenvalue weighted by Crippen LogP contribution is 2.31. The molecular formula is C24H33ClN4O. The quantitative estimate of drug-likeness (QED) is 0.366. The molecule has 30 heavy (non-hydrogen) atoms. The summed E-state index contributed by atoms with van der Waals surface area (Å²) >= 11 is 6.34. The number of piperazine rings is 1. The zero-order valence-electron chi connectivity index (χ0n) is 18.5. The monoisotopic (exact) mass is 428 g/mol. The summed E-state index contributed by atoms with van der Waals surface area (Å²) in [7, 11) is 0. The van der Waals surface area contributed by atoms with Crippen LogP contribution in [0.3, 0.4) is 0 Å². The van der Waals surface area contributed by atoms with Crippen LogP contribution < -0.4 is 10.6 Å². The lowest BCUT2D eigenvalue weighted by molar-refractivity contribution is 0.254. The number of phenols is 1. The van der Waals surface area contributed by atoms with Crippen LogP contribution in [-0.2, 0) is 12.0 Å². The molecule has 0 aliphatic carbocycles. The van der Waals surface area contributed by atoms with Crippen molar-refractivity contribution in [3.8, 4) is 5.75 Å². The lowest BCUT2D eigenvalue weighted by Crippen LogP contribution is -2.57. The summed E-state index contributed by atoms with van der Waals surface area (Å²) in [6, 6.07) is 14.2. The van der Waals surface area contributed by atoms with Gasteiger partial charge in [-0.05, 0) is 48.6 Å². The molecule has 0 saturated carbocycles. The van der Waals surface area contributed by atoms with E-state index in [1.807, 2.05) is 36.4 Å². The predicted molar refractivity (Wildman–Crippen MR) is 127 cm³/mol. The maximum Gasteiger partial charge on any atom is 0.199 e. The molecule has 2 aromatic rings. The number of rotatable bonds is 3. The van der Waals surface area contributed by atoms with Crippen molar-refractivity contribution in [3.05, 3.63) is 58.6 Å². The Hall–Kier alpha value is -2.24. The van der Waals surface area contributed by atoms with Gasteiger partial charge in [-0.25, -0.2) is 4.99 Å². The highest BCUT2D eigenvalue weighted by Gasteiger charge is 2.25. The van der Waals surface area contributed by atoms with E-state index in [2.05, 4.69) is 50.2 Å². The second-order valence-electron chi connectivity index (χ2n) is 9.21. The summed E-state index contributed by atoms with van der Waals surface area (Å²) < 4.78 is 0. The van der Waals surface area contributed by atoms with E-state index in [1.54, 1.807) is 6.07 Å². The minimum Gasteiger partial charge on any atom is -0.506 e. The van der Waals surface area contributed by atoms with Gasteiger partial charge >= 0.3 is 0 Å². The number of aromatic hydroxyl groups is 1. The van der Waals surface area contributed by atoms with E-state index in [0.29, 0.717) is 29.3 Å². The fourth-order valence-corrected chi connectivity index (χ4v) is 3.92. The molecule has 162 valence electrons. The van der Waals surface area contributed by atoms with E-state index in [1.165, 1.54) is 0 Å². The van der Waals surface area contributed by atoms with Gasteiger partial charge in [0, 0.05) is 30.2 Å². The number of nitrogens with zero attached hydrogens (tertiary/aromatic N) is 2. The lowest BCUT2D eigenvalue weighted by Gasteiger charge is -2.38. The number of guanidine groups is 1. The molecule has 0 radical (unpaired) electrons. The van der Waals surface area contributed by atoms with Gasteiger partial charge in [-0.15, -0.1) is 0 Å². The van der Waals surface area contributed by atoms with Gasteiger partial charge in [0.15, 0.2) is 5.96 Å². The minimum absolute atomic E-state index is 0.0168. The summed E-state index contributed by atoms with van der Waals surface area (Å²) in [4.78, 5) is 7.13. The number of hydrogen-bond donors (Lipinski definition) is 3. The first-order chi connectivity index (χ1) is 14.1. The highest BCUT2D eigenvalue weighted by molar-refractivity contribution is 6.31. The SMILES string of the molecule is CC1CN(C(=NCc2ccccc2Cl)Nc2cc(C(C)(C)C)ccc2O)CC(C)N1. The molecule has 1 aliphatic heterocycles. The Labute approximate surface area is 185 Å². The first kappa shape index (κ1) is 22.4. The molecule has 0 bridgehead atoms. The lowest BCUT2D eigenvalue weighted by atomic mass is 9.87. The topological polar surface area (TPSA) is 59.9 Å². The van der Waals surface area contributed by atoms with Gasteiger partial charge in [-0.2, -0.15) is 0 Å². The Kier molecular flexibility index (Phi) is 6.94. The third kappa shape index (κ3) is 5.67. The second kappa shape index (κ2) is 9.27. The van der Waals surface area contributed by atoms with Crippen molar-refractivity contribution >= 4 is 23.2 Å². The van der Waals surface area contributed by atoms with Gasteiger partial charge in [-0.1, -0.05) is 56.6 Å². The molecule has 6 heteroatoms. The third-order valence-corrected chi connectivity index (χ3v) is 5.69. The zero-order chi connectivity index (χ0) is 21.9. The fraction of sp³-hybridized carbons (Fsp3) is 0.458. The van der Waals surface area contributed by atoms with E-state index >= 15 is 0 Å². The maximum atomic E-state index is 10.5. The van der Waals surface area contributed by atoms with Gasteiger partial charge in [0.25, 0.3) is 0 Å². The van der Waals surface area contributed by atoms with Crippen LogP contribution in [0.15, 0.2) is 47.5 Å². The highest BCUT2D eigenvalue weighted by atomic mass is 35.5. The predicted octanol–water partition coefficient (Wildman–Crippen LogP) is 4.99. The Bertz CT molecular complexity index is 896. The molecule has 2 aromatic carbocycles. The summed E-state index contributed by atoms with van der Waals surface area (Å²) in [5, 5.41) is 18.2. The smallest absolute Gasteiger partial charge is 0.199 e. The number of anilines is 1. The molecule has 0 aromatic heterocycles. The van der Waals surface area contributed by atoms with Gasteiger partial charge in [0.1, 0.15) is 5.75 Å². The van der Waals surface area contributed by atoms with Gasteiger partial charge in [0.2, 0.25) is 0 Å². The molecule has 3 N–H and O–H groups in total. The van der Waals surface area contributed by atoms with Crippen molar-refractivity contribution in [3.63, 3.8) is 0 Å². The molecular weight excluding hydrogens is 396 g/mol. The van der Waals surface area contributed by atoms with Crippen molar-refractivity contribution in [1.29, 1.82) is 0 Å². The Morgan fingerprint density at radius 1 is 1.17 bits per heavy atom. The van der Waals surface area contributed by atoms with E-state index in [9.17, 15) is 5.11 Å². The first-order valence-corrected chi connectivity index (χ1v) is 10.9. The van der Waals surface area contributed by atoms with Crippen molar-refractivity contribution < 1.29 is 5.11 Å². The van der Waals surface area contributed by atoms with Crippen LogP contribution in [0, 0.1) is 0 Å². The standard InChI is InChI=1S/C24H33ClN4O/c1-16-14-29(15-17(2)27-16)23(26-13-18-8-6-7-9-20(18)25)28-21-12-19(24(3,4)5)10-11-22(21)30/h6-12,16-17,27,30H,13-15H2,1-5H3,(H,26,28). The van der Waals surface area contributed by atoms with Crippen molar-refractivity contribution in [2.45, 2.75) is 58.7 Å². The summed E-state index contributed by atoms with van der Waals surface area (Å²) in [5.74, 6) is 0.959. The van der Waals surface area contributed by atoms with Crippen molar-refractivity contribution in [2.75, 3.05) is 18.4 Å². The molecule has 1 saturated heterocycles. The first-order valence-electron chi connectivity index (χ1n) is 10.5. The maximum absolute atomic E-state index is 10.5. The van der Waals surface area contributed by atoms with Gasteiger partial charge in [0.05, 0.1) is 12.2 Å². The van der Waals surface area contributed by atoms with Crippen LogP contribution in [0.1, 0.15) is 45.7 Å². The van der Waals surface area contributed by atoms with Gasteiger partial charge in [-0.3, -0.25) is 0 Å². The molecule has 3 rings (SSSR count). The number of halogens is 1. The summed E-state index contributed by atoms with van der Waals surface area (Å²) in [6.07, 6.45) is 0. The number of hydrogen-bond acceptors (Lipinski definition) is 3. The number of nitrogens with one attached hydrogen (secondary N) is 2. The van der Waals surface area contributed by atoms with Crippen LogP contribution in [0.2, 0.25) is 5.02 Å². The molecule has 5 nitrogen and oxygen atoms in total. The fourth-order valence-electron chi connectivity index (χ4n) is 3.73. The molecule has 1 aliphatic rings. The van der Waals surface area contributed by atoms with Crippen LogP contribution in [-0.4, -0.2) is 41.1 Å².